The molecule has 2 atom stereocenters. The van der Waals surface area contributed by atoms with Crippen LogP contribution >= 0.6 is 0 Å². The number of aliphatic hydroxyl groups excluding tert-OH is 2. The van der Waals surface area contributed by atoms with E-state index in [2.05, 4.69) is 10.2 Å². The van der Waals surface area contributed by atoms with Crippen molar-refractivity contribution >= 4 is 16.7 Å². The van der Waals surface area contributed by atoms with Crippen molar-refractivity contribution in [2.45, 2.75) is 12.2 Å². The molecule has 0 bridgehead atoms. The molecule has 0 aliphatic rings. The third kappa shape index (κ3) is 1.73. The normalized spacial score (nSPS) is 15.2. The first-order valence-corrected chi connectivity index (χ1v) is 4.93. The minimum atomic E-state index is -1.00. The maximum atomic E-state index is 9.76. The molecule has 1 heterocycles. The monoisotopic (exact) mass is 222 g/mol. The molecule has 0 aliphatic heterocycles. The summed E-state index contributed by atoms with van der Waals surface area (Å²) in [7, 11) is 0. The Bertz CT molecular complexity index is 497. The molecule has 86 valence electrons. The Morgan fingerprint density at radius 3 is 2.81 bits per heavy atom. The largest absolute Gasteiger partial charge is 0.389 e. The van der Waals surface area contributed by atoms with Gasteiger partial charge in [-0.05, 0) is 17.7 Å². The second-order valence-electron chi connectivity index (χ2n) is 3.66. The number of nitrogens with one attached hydrogen (secondary N) is 1. The molecule has 0 spiro atoms. The average molecular weight is 222 g/mol. The van der Waals surface area contributed by atoms with Crippen molar-refractivity contribution in [3.05, 3.63) is 23.8 Å². The van der Waals surface area contributed by atoms with Crippen molar-refractivity contribution in [3.63, 3.8) is 0 Å². The maximum absolute atomic E-state index is 9.76. The Balaban J connectivity index is 2.39. The molecule has 2 aromatic rings. The van der Waals surface area contributed by atoms with Gasteiger partial charge in [0.1, 0.15) is 6.10 Å². The Hall–Kier alpha value is -1.63. The molecular formula is C10H14N4O2. The minimum Gasteiger partial charge on any atom is -0.389 e. The van der Waals surface area contributed by atoms with Crippen molar-refractivity contribution in [3.8, 4) is 0 Å². The summed E-state index contributed by atoms with van der Waals surface area (Å²) < 4.78 is 0. The number of aromatic nitrogens is 2. The van der Waals surface area contributed by atoms with Crippen LogP contribution in [-0.4, -0.2) is 33.1 Å². The van der Waals surface area contributed by atoms with Crippen LogP contribution in [0, 0.1) is 0 Å². The smallest absolute Gasteiger partial charge is 0.153 e. The van der Waals surface area contributed by atoms with Crippen molar-refractivity contribution in [1.29, 1.82) is 0 Å². The second kappa shape index (κ2) is 4.09. The number of aliphatic hydroxyl groups is 2. The molecular weight excluding hydrogens is 208 g/mol. The number of aromatic amines is 1. The van der Waals surface area contributed by atoms with Gasteiger partial charge in [0.05, 0.1) is 11.6 Å². The van der Waals surface area contributed by atoms with E-state index in [1.807, 2.05) is 0 Å². The van der Waals surface area contributed by atoms with Crippen LogP contribution in [0.1, 0.15) is 11.7 Å². The zero-order chi connectivity index (χ0) is 11.7. The van der Waals surface area contributed by atoms with E-state index in [0.717, 1.165) is 10.9 Å². The van der Waals surface area contributed by atoms with Gasteiger partial charge in [-0.3, -0.25) is 5.10 Å². The molecule has 16 heavy (non-hydrogen) atoms. The fourth-order valence-electron chi connectivity index (χ4n) is 1.59. The molecule has 0 aliphatic carbocycles. The molecule has 6 heteroatoms. The number of nitrogen functional groups attached to an aromatic ring is 1. The number of H-pyrrole nitrogens is 1. The van der Waals surface area contributed by atoms with E-state index in [4.69, 9.17) is 11.5 Å². The van der Waals surface area contributed by atoms with E-state index in [0.29, 0.717) is 11.4 Å². The summed E-state index contributed by atoms with van der Waals surface area (Å²) >= 11 is 0. The summed E-state index contributed by atoms with van der Waals surface area (Å²) in [5, 5.41) is 26.6. The predicted molar refractivity (Wildman–Crippen MR) is 60.5 cm³/mol. The van der Waals surface area contributed by atoms with E-state index in [9.17, 15) is 10.2 Å². The highest BCUT2D eigenvalue weighted by atomic mass is 16.3. The molecule has 7 N–H and O–H groups in total. The highest BCUT2D eigenvalue weighted by Gasteiger charge is 2.17. The number of hydrogen-bond donors (Lipinski definition) is 5. The van der Waals surface area contributed by atoms with Gasteiger partial charge in [-0.2, -0.15) is 5.10 Å². The van der Waals surface area contributed by atoms with Gasteiger partial charge in [0.2, 0.25) is 0 Å². The van der Waals surface area contributed by atoms with Crippen molar-refractivity contribution in [2.24, 2.45) is 5.73 Å². The van der Waals surface area contributed by atoms with E-state index in [1.165, 1.54) is 0 Å². The average Bonchev–Trinajstić information content (AvgIpc) is 2.68. The zero-order valence-electron chi connectivity index (χ0n) is 8.59. The number of anilines is 1. The number of hydrogen-bond acceptors (Lipinski definition) is 5. The third-order valence-corrected chi connectivity index (χ3v) is 2.56. The first kappa shape index (κ1) is 10.9. The fraction of sp³-hybridized carbons (Fsp3) is 0.300. The van der Waals surface area contributed by atoms with Gasteiger partial charge < -0.3 is 21.7 Å². The Kier molecular flexibility index (Phi) is 2.78. The summed E-state index contributed by atoms with van der Waals surface area (Å²) in [5.41, 5.74) is 12.2. The predicted octanol–water partition coefficient (Wildman–Crippen LogP) is -0.502. The van der Waals surface area contributed by atoms with Crippen molar-refractivity contribution in [2.75, 3.05) is 12.3 Å². The van der Waals surface area contributed by atoms with Crippen LogP contribution in [0.4, 0.5) is 5.82 Å². The van der Waals surface area contributed by atoms with Crippen molar-refractivity contribution < 1.29 is 10.2 Å². The summed E-state index contributed by atoms with van der Waals surface area (Å²) in [6, 6.07) is 5.13. The first-order chi connectivity index (χ1) is 7.63. The van der Waals surface area contributed by atoms with Crippen LogP contribution in [0.25, 0.3) is 10.9 Å². The fourth-order valence-corrected chi connectivity index (χ4v) is 1.59. The van der Waals surface area contributed by atoms with Gasteiger partial charge >= 0.3 is 0 Å². The molecule has 0 saturated carbocycles. The third-order valence-electron chi connectivity index (χ3n) is 2.56. The van der Waals surface area contributed by atoms with Gasteiger partial charge in [0.15, 0.2) is 5.82 Å². The lowest BCUT2D eigenvalue weighted by Gasteiger charge is -2.16. The summed E-state index contributed by atoms with van der Waals surface area (Å²) in [4.78, 5) is 0. The molecule has 2 rings (SSSR count). The molecule has 0 amide bonds. The lowest BCUT2D eigenvalue weighted by Crippen LogP contribution is -2.27. The molecule has 0 fully saturated rings. The van der Waals surface area contributed by atoms with Crippen LogP contribution in [0.5, 0.6) is 0 Å². The summed E-state index contributed by atoms with van der Waals surface area (Å²) in [5.74, 6) is 0.412. The number of fused-ring (bicyclic) bond motifs is 1. The standard InChI is InChI=1S/C10H14N4O2/c11-4-8(15)9(16)5-1-2-6-7(3-5)13-14-10(6)12/h1-3,8-9,15-16H,4,11H2,(H3,12,13,14). The molecule has 1 aromatic carbocycles. The Morgan fingerprint density at radius 1 is 1.38 bits per heavy atom. The van der Waals surface area contributed by atoms with Crippen LogP contribution in [0.2, 0.25) is 0 Å². The highest BCUT2D eigenvalue weighted by Crippen LogP contribution is 2.23. The van der Waals surface area contributed by atoms with Crippen LogP contribution < -0.4 is 11.5 Å². The molecule has 0 radical (unpaired) electrons. The van der Waals surface area contributed by atoms with E-state index in [-0.39, 0.29) is 6.54 Å². The lowest BCUT2D eigenvalue weighted by atomic mass is 10.0. The minimum absolute atomic E-state index is 0.00428. The first-order valence-electron chi connectivity index (χ1n) is 4.93. The van der Waals surface area contributed by atoms with Gasteiger partial charge in [-0.1, -0.05) is 6.07 Å². The molecule has 6 nitrogen and oxygen atoms in total. The summed E-state index contributed by atoms with van der Waals surface area (Å²) in [6.07, 6.45) is -1.98. The van der Waals surface area contributed by atoms with Gasteiger partial charge in [0, 0.05) is 11.9 Å². The van der Waals surface area contributed by atoms with Gasteiger partial charge in [0.25, 0.3) is 0 Å². The molecule has 0 saturated heterocycles. The maximum Gasteiger partial charge on any atom is 0.153 e. The zero-order valence-corrected chi connectivity index (χ0v) is 8.59. The van der Waals surface area contributed by atoms with Gasteiger partial charge in [-0.15, -0.1) is 0 Å². The number of rotatable bonds is 3. The Labute approximate surface area is 91.9 Å². The highest BCUT2D eigenvalue weighted by molar-refractivity contribution is 5.88. The lowest BCUT2D eigenvalue weighted by molar-refractivity contribution is 0.0244. The van der Waals surface area contributed by atoms with Crippen molar-refractivity contribution in [1.82, 2.24) is 10.2 Å². The topological polar surface area (TPSA) is 121 Å². The Morgan fingerprint density at radius 2 is 2.12 bits per heavy atom. The van der Waals surface area contributed by atoms with Crippen LogP contribution in [0.15, 0.2) is 18.2 Å². The second-order valence-corrected chi connectivity index (χ2v) is 3.66. The SMILES string of the molecule is NCC(O)C(O)c1ccc2c(N)n[nH]c2c1. The molecule has 2 unspecified atom stereocenters. The number of nitrogens with two attached hydrogens (primary N) is 2. The number of benzene rings is 1. The van der Waals surface area contributed by atoms with E-state index >= 15 is 0 Å². The number of nitrogens with zero attached hydrogens (tertiary/aromatic N) is 1. The quantitative estimate of drug-likeness (QED) is 0.479. The van der Waals surface area contributed by atoms with E-state index in [1.54, 1.807) is 18.2 Å². The van der Waals surface area contributed by atoms with E-state index < -0.39 is 12.2 Å². The molecule has 1 aromatic heterocycles. The van der Waals surface area contributed by atoms with Crippen LogP contribution in [0.3, 0.4) is 0 Å². The summed E-state index contributed by atoms with van der Waals surface area (Å²) in [6.45, 7) is 0.00428. The van der Waals surface area contributed by atoms with Crippen LogP contribution in [-0.2, 0) is 0 Å². The van der Waals surface area contributed by atoms with Gasteiger partial charge in [-0.25, -0.2) is 0 Å².